The second-order valence-electron chi connectivity index (χ2n) is 3.99. The maximum Gasteiger partial charge on any atom is 0.177 e. The fourth-order valence-electron chi connectivity index (χ4n) is 1.10. The highest BCUT2D eigenvalue weighted by molar-refractivity contribution is 5.99. The molecular formula is C15H29NO. The van der Waals surface area contributed by atoms with Gasteiger partial charge in [0, 0.05) is 0 Å². The SMILES string of the molecule is CCCCC=CC(=O)C=CCCCC.CNC. The minimum atomic E-state index is 0.122. The van der Waals surface area contributed by atoms with Gasteiger partial charge in [0.1, 0.15) is 0 Å². The molecule has 0 aromatic carbocycles. The van der Waals surface area contributed by atoms with E-state index in [1.54, 1.807) is 12.2 Å². The zero-order valence-electron chi connectivity index (χ0n) is 12.0. The van der Waals surface area contributed by atoms with E-state index in [1.807, 2.05) is 26.2 Å². The van der Waals surface area contributed by atoms with Crippen LogP contribution in [0.1, 0.15) is 52.4 Å². The Morgan fingerprint density at radius 3 is 1.59 bits per heavy atom. The molecule has 17 heavy (non-hydrogen) atoms. The smallest absolute Gasteiger partial charge is 0.177 e. The quantitative estimate of drug-likeness (QED) is 0.514. The van der Waals surface area contributed by atoms with Crippen molar-refractivity contribution in [3.63, 3.8) is 0 Å². The highest BCUT2D eigenvalue weighted by Crippen LogP contribution is 1.97. The lowest BCUT2D eigenvalue weighted by molar-refractivity contribution is -0.110. The molecule has 0 aliphatic rings. The number of nitrogens with one attached hydrogen (secondary N) is 1. The average Bonchev–Trinajstić information content (AvgIpc) is 2.31. The molecule has 0 aliphatic carbocycles. The minimum absolute atomic E-state index is 0.122. The topological polar surface area (TPSA) is 29.1 Å². The van der Waals surface area contributed by atoms with E-state index in [9.17, 15) is 4.79 Å². The zero-order valence-corrected chi connectivity index (χ0v) is 12.0. The number of hydrogen-bond donors (Lipinski definition) is 1. The molecule has 0 saturated carbocycles. The van der Waals surface area contributed by atoms with Crippen molar-refractivity contribution in [2.24, 2.45) is 0 Å². The number of rotatable bonds is 8. The van der Waals surface area contributed by atoms with Crippen LogP contribution in [0.3, 0.4) is 0 Å². The Labute approximate surface area is 107 Å². The van der Waals surface area contributed by atoms with Crippen molar-refractivity contribution in [2.75, 3.05) is 14.1 Å². The van der Waals surface area contributed by atoms with Crippen LogP contribution in [0.2, 0.25) is 0 Å². The average molecular weight is 239 g/mol. The van der Waals surface area contributed by atoms with Gasteiger partial charge in [-0.05, 0) is 39.1 Å². The lowest BCUT2D eigenvalue weighted by atomic mass is 10.2. The Balaban J connectivity index is 0. The van der Waals surface area contributed by atoms with Gasteiger partial charge in [0.05, 0.1) is 0 Å². The maximum absolute atomic E-state index is 11.2. The van der Waals surface area contributed by atoms with Crippen LogP contribution in [0.25, 0.3) is 0 Å². The Morgan fingerprint density at radius 1 is 0.941 bits per heavy atom. The molecule has 0 spiro atoms. The molecule has 0 fully saturated rings. The molecule has 0 bridgehead atoms. The molecule has 0 aliphatic heterocycles. The summed E-state index contributed by atoms with van der Waals surface area (Å²) in [6, 6.07) is 0. The van der Waals surface area contributed by atoms with Crippen LogP contribution in [0.4, 0.5) is 0 Å². The van der Waals surface area contributed by atoms with E-state index < -0.39 is 0 Å². The second-order valence-corrected chi connectivity index (χ2v) is 3.99. The van der Waals surface area contributed by atoms with Gasteiger partial charge in [-0.25, -0.2) is 0 Å². The Bertz CT molecular complexity index is 187. The number of carbonyl (C=O) groups excluding carboxylic acids is 1. The molecule has 2 heteroatoms. The molecule has 0 saturated heterocycles. The number of carbonyl (C=O) groups is 1. The van der Waals surface area contributed by atoms with E-state index in [0.29, 0.717) is 0 Å². The molecule has 2 nitrogen and oxygen atoms in total. The first-order valence-corrected chi connectivity index (χ1v) is 6.68. The first-order chi connectivity index (χ1) is 8.22. The summed E-state index contributed by atoms with van der Waals surface area (Å²) < 4.78 is 0. The molecular weight excluding hydrogens is 210 g/mol. The summed E-state index contributed by atoms with van der Waals surface area (Å²) in [5, 5.41) is 2.75. The fourth-order valence-corrected chi connectivity index (χ4v) is 1.10. The van der Waals surface area contributed by atoms with Crippen LogP contribution < -0.4 is 5.32 Å². The highest BCUT2D eigenvalue weighted by atomic mass is 16.1. The Kier molecular flexibility index (Phi) is 19.0. The van der Waals surface area contributed by atoms with E-state index in [0.717, 1.165) is 12.8 Å². The molecule has 1 N–H and O–H groups in total. The third-order valence-corrected chi connectivity index (χ3v) is 2.01. The molecule has 0 unspecified atom stereocenters. The molecule has 0 aromatic rings. The number of ketones is 1. The summed E-state index contributed by atoms with van der Waals surface area (Å²) in [6.07, 6.45) is 14.0. The van der Waals surface area contributed by atoms with Crippen molar-refractivity contribution < 1.29 is 4.79 Å². The van der Waals surface area contributed by atoms with Gasteiger partial charge in [0.25, 0.3) is 0 Å². The molecule has 100 valence electrons. The third kappa shape index (κ3) is 21.0. The van der Waals surface area contributed by atoms with E-state index >= 15 is 0 Å². The fraction of sp³-hybridized carbons (Fsp3) is 0.667. The van der Waals surface area contributed by atoms with Gasteiger partial charge in [0.15, 0.2) is 5.78 Å². The van der Waals surface area contributed by atoms with E-state index in [2.05, 4.69) is 19.2 Å². The van der Waals surface area contributed by atoms with Gasteiger partial charge in [-0.1, -0.05) is 51.7 Å². The van der Waals surface area contributed by atoms with Gasteiger partial charge in [-0.3, -0.25) is 4.79 Å². The lowest BCUT2D eigenvalue weighted by Crippen LogP contribution is -1.89. The van der Waals surface area contributed by atoms with E-state index in [-0.39, 0.29) is 5.78 Å². The van der Waals surface area contributed by atoms with Crippen molar-refractivity contribution in [3.05, 3.63) is 24.3 Å². The Morgan fingerprint density at radius 2 is 1.29 bits per heavy atom. The number of hydrogen-bond acceptors (Lipinski definition) is 2. The van der Waals surface area contributed by atoms with Crippen LogP contribution >= 0.6 is 0 Å². The number of allylic oxidation sites excluding steroid dienone is 4. The summed E-state index contributed by atoms with van der Waals surface area (Å²) in [6.45, 7) is 4.31. The van der Waals surface area contributed by atoms with Crippen molar-refractivity contribution in [1.82, 2.24) is 5.32 Å². The van der Waals surface area contributed by atoms with Crippen LogP contribution in [0.15, 0.2) is 24.3 Å². The van der Waals surface area contributed by atoms with Crippen LogP contribution in [-0.4, -0.2) is 19.9 Å². The van der Waals surface area contributed by atoms with Crippen LogP contribution in [0.5, 0.6) is 0 Å². The van der Waals surface area contributed by atoms with Gasteiger partial charge >= 0.3 is 0 Å². The van der Waals surface area contributed by atoms with Gasteiger partial charge in [0.2, 0.25) is 0 Å². The molecule has 0 atom stereocenters. The first-order valence-electron chi connectivity index (χ1n) is 6.68. The van der Waals surface area contributed by atoms with Gasteiger partial charge in [-0.2, -0.15) is 0 Å². The predicted octanol–water partition coefficient (Wildman–Crippen LogP) is 3.88. The first kappa shape index (κ1) is 18.5. The normalized spacial score (nSPS) is 10.6. The number of unbranched alkanes of at least 4 members (excludes halogenated alkanes) is 4. The zero-order chi connectivity index (χ0) is 13.4. The Hall–Kier alpha value is -0.890. The maximum atomic E-state index is 11.2. The van der Waals surface area contributed by atoms with Gasteiger partial charge < -0.3 is 5.32 Å². The van der Waals surface area contributed by atoms with Gasteiger partial charge in [-0.15, -0.1) is 0 Å². The summed E-state index contributed by atoms with van der Waals surface area (Å²) in [7, 11) is 3.75. The van der Waals surface area contributed by atoms with E-state index in [4.69, 9.17) is 0 Å². The largest absolute Gasteiger partial charge is 0.323 e. The predicted molar refractivity (Wildman–Crippen MR) is 77.3 cm³/mol. The van der Waals surface area contributed by atoms with Crippen LogP contribution in [-0.2, 0) is 4.79 Å². The molecule has 0 amide bonds. The van der Waals surface area contributed by atoms with E-state index in [1.165, 1.54) is 25.7 Å². The summed E-state index contributed by atoms with van der Waals surface area (Å²) in [5.41, 5.74) is 0. The van der Waals surface area contributed by atoms with Crippen molar-refractivity contribution >= 4 is 5.78 Å². The second kappa shape index (κ2) is 17.5. The molecule has 0 heterocycles. The van der Waals surface area contributed by atoms with Crippen LogP contribution in [0, 0.1) is 0 Å². The summed E-state index contributed by atoms with van der Waals surface area (Å²) in [5.74, 6) is 0.122. The lowest BCUT2D eigenvalue weighted by Gasteiger charge is -1.88. The monoisotopic (exact) mass is 239 g/mol. The highest BCUT2D eigenvalue weighted by Gasteiger charge is 1.87. The summed E-state index contributed by atoms with van der Waals surface area (Å²) in [4.78, 5) is 11.2. The standard InChI is InChI=1S/C13H22O.C2H7N/c1-3-5-7-9-11-13(14)12-10-8-6-4-2;1-3-2/h9-12H,3-8H2,1-2H3;3H,1-2H3. The summed E-state index contributed by atoms with van der Waals surface area (Å²) >= 11 is 0. The van der Waals surface area contributed by atoms with Crippen molar-refractivity contribution in [1.29, 1.82) is 0 Å². The van der Waals surface area contributed by atoms with Crippen molar-refractivity contribution in [3.8, 4) is 0 Å². The van der Waals surface area contributed by atoms with Crippen molar-refractivity contribution in [2.45, 2.75) is 52.4 Å². The third-order valence-electron chi connectivity index (χ3n) is 2.01. The minimum Gasteiger partial charge on any atom is -0.323 e. The molecule has 0 radical (unpaired) electrons. The molecule has 0 rings (SSSR count). The molecule has 0 aromatic heterocycles.